The van der Waals surface area contributed by atoms with Crippen molar-refractivity contribution < 1.29 is 22.0 Å². The molecule has 0 radical (unpaired) electrons. The molecule has 3 rings (SSSR count). The van der Waals surface area contributed by atoms with Crippen molar-refractivity contribution in [1.29, 1.82) is 0 Å². The molecule has 0 atom stereocenters. The largest absolute Gasteiger partial charge is 0.207 e. The van der Waals surface area contributed by atoms with Crippen molar-refractivity contribution in [3.63, 3.8) is 0 Å². The van der Waals surface area contributed by atoms with Crippen molar-refractivity contribution in [3.8, 4) is 0 Å². The normalized spacial score (nSPS) is 11.5. The molecule has 0 fully saturated rings. The van der Waals surface area contributed by atoms with Crippen molar-refractivity contribution in [2.45, 2.75) is 14.7 Å². The molecule has 0 aromatic heterocycles. The van der Waals surface area contributed by atoms with Crippen LogP contribution in [0.2, 0.25) is 0 Å². The molecule has 24 heavy (non-hydrogen) atoms. The number of hydrogen-bond donors (Lipinski definition) is 1. The summed E-state index contributed by atoms with van der Waals surface area (Å²) in [7, 11) is -1.65. The second-order valence-electron chi connectivity index (χ2n) is 5.07. The molecule has 3 aromatic carbocycles. The van der Waals surface area contributed by atoms with Gasteiger partial charge in [-0.2, -0.15) is 10.9 Å². The summed E-state index contributed by atoms with van der Waals surface area (Å²) in [6, 6.07) is 11.1. The Morgan fingerprint density at radius 2 is 0.792 bits per heavy atom. The predicted octanol–water partition coefficient (Wildman–Crippen LogP) is 5.86. The van der Waals surface area contributed by atoms with Gasteiger partial charge in [0.15, 0.2) is 0 Å². The van der Waals surface area contributed by atoms with Crippen LogP contribution < -0.4 is 0 Å². The van der Waals surface area contributed by atoms with Crippen molar-refractivity contribution in [2.75, 3.05) is 0 Å². The minimum absolute atomic E-state index is 0.235. The fourth-order valence-electron chi connectivity index (χ4n) is 2.37. The first-order valence-electron chi connectivity index (χ1n) is 6.90. The fourth-order valence-corrected chi connectivity index (χ4v) is 4.73. The molecule has 0 nitrogen and oxygen atoms in total. The Labute approximate surface area is 137 Å². The van der Waals surface area contributed by atoms with Crippen molar-refractivity contribution in [1.82, 2.24) is 0 Å². The highest BCUT2D eigenvalue weighted by Gasteiger charge is 2.17. The highest BCUT2D eigenvalue weighted by Crippen LogP contribution is 2.51. The van der Waals surface area contributed by atoms with Gasteiger partial charge in [0.2, 0.25) is 0 Å². The lowest BCUT2D eigenvalue weighted by molar-refractivity contribution is 0.576. The third-order valence-electron chi connectivity index (χ3n) is 3.30. The predicted molar refractivity (Wildman–Crippen MR) is 82.9 cm³/mol. The molecule has 6 heteroatoms. The fraction of sp³-hybridized carbons (Fsp3) is 0. The van der Waals surface area contributed by atoms with Crippen LogP contribution in [0.4, 0.5) is 22.0 Å². The van der Waals surface area contributed by atoms with Gasteiger partial charge in [-0.3, -0.25) is 0 Å². The number of benzene rings is 3. The highest BCUT2D eigenvalue weighted by molar-refractivity contribution is 8.17. The second kappa shape index (κ2) is 6.65. The zero-order valence-corrected chi connectivity index (χ0v) is 13.0. The topological polar surface area (TPSA) is 0 Å². The van der Waals surface area contributed by atoms with E-state index in [4.69, 9.17) is 0 Å². The molecule has 0 saturated carbocycles. The third-order valence-corrected chi connectivity index (χ3v) is 5.66. The Morgan fingerprint density at radius 3 is 1.17 bits per heavy atom. The van der Waals surface area contributed by atoms with Gasteiger partial charge in [0.25, 0.3) is 0 Å². The van der Waals surface area contributed by atoms with E-state index in [0.29, 0.717) is 17.0 Å². The van der Waals surface area contributed by atoms with Gasteiger partial charge in [0, 0.05) is 21.9 Å². The van der Waals surface area contributed by atoms with Crippen LogP contribution in [0, 0.1) is 29.1 Å². The van der Waals surface area contributed by atoms with E-state index in [9.17, 15) is 22.0 Å². The van der Waals surface area contributed by atoms with Gasteiger partial charge < -0.3 is 0 Å². The molecule has 0 amide bonds. The first kappa shape index (κ1) is 16.5. The maximum absolute atomic E-state index is 13.6. The summed E-state index contributed by atoms with van der Waals surface area (Å²) in [4.78, 5) is 0.986. The lowest BCUT2D eigenvalue weighted by atomic mass is 10.3. The van der Waals surface area contributed by atoms with Gasteiger partial charge in [-0.05, 0) is 53.4 Å². The quantitative estimate of drug-likeness (QED) is 0.442. The Kier molecular flexibility index (Phi) is 4.57. The molecule has 124 valence electrons. The average molecular weight is 354 g/mol. The lowest BCUT2D eigenvalue weighted by Crippen LogP contribution is -1.93. The molecule has 0 heterocycles. The average Bonchev–Trinajstić information content (AvgIpc) is 2.47. The number of hydrogen-bond acceptors (Lipinski definition) is 0. The lowest BCUT2D eigenvalue weighted by Gasteiger charge is -2.23. The monoisotopic (exact) mass is 354 g/mol. The van der Waals surface area contributed by atoms with Crippen LogP contribution in [0.1, 0.15) is 0 Å². The van der Waals surface area contributed by atoms with E-state index in [1.807, 2.05) is 0 Å². The zero-order chi connectivity index (χ0) is 17.3. The summed E-state index contributed by atoms with van der Waals surface area (Å²) >= 11 is 0. The van der Waals surface area contributed by atoms with Crippen molar-refractivity contribution in [2.24, 2.45) is 0 Å². The Bertz CT molecular complexity index is 785. The molecular weight excluding hydrogens is 343 g/mol. The van der Waals surface area contributed by atoms with Crippen LogP contribution in [0.15, 0.2) is 75.4 Å². The summed E-state index contributed by atoms with van der Waals surface area (Å²) in [5.74, 6) is -3.66. The number of thiol groups is 1. The third kappa shape index (κ3) is 3.59. The van der Waals surface area contributed by atoms with Gasteiger partial charge in [0.1, 0.15) is 29.1 Å². The maximum Gasteiger partial charge on any atom is 0.127 e. The smallest absolute Gasteiger partial charge is 0.127 e. The molecule has 0 saturated heterocycles. The van der Waals surface area contributed by atoms with Gasteiger partial charge in [-0.15, -0.1) is 0 Å². The van der Waals surface area contributed by atoms with Crippen LogP contribution in [0.25, 0.3) is 0 Å². The first-order chi connectivity index (χ1) is 11.4. The van der Waals surface area contributed by atoms with E-state index in [-0.39, 0.29) is 9.79 Å². The summed E-state index contributed by atoms with van der Waals surface area (Å²) < 4.78 is 67.6. The molecule has 0 aliphatic carbocycles. The van der Waals surface area contributed by atoms with Crippen LogP contribution in [0.3, 0.4) is 0 Å². The van der Waals surface area contributed by atoms with Crippen molar-refractivity contribution in [3.05, 3.63) is 89.7 Å². The van der Waals surface area contributed by atoms with E-state index in [0.717, 1.165) is 24.3 Å². The molecular formula is C18H11F5S. The summed E-state index contributed by atoms with van der Waals surface area (Å²) in [6.45, 7) is 0. The minimum atomic E-state index is -1.65. The standard InChI is InChI=1S/C18H11F5S/c19-11-1-3-16(4-2-11)24(17-7-12(20)5-13(21)8-17)18-9-14(22)6-15(23)10-18/h1-10,24H. The van der Waals surface area contributed by atoms with Gasteiger partial charge >= 0.3 is 0 Å². The number of halogens is 5. The summed E-state index contributed by atoms with van der Waals surface area (Å²) in [5.41, 5.74) is 0. The van der Waals surface area contributed by atoms with E-state index in [1.54, 1.807) is 0 Å². The molecule has 0 aliphatic rings. The van der Waals surface area contributed by atoms with Gasteiger partial charge in [0.05, 0.1) is 0 Å². The molecule has 0 bridgehead atoms. The Hall–Kier alpha value is -2.34. The zero-order valence-electron chi connectivity index (χ0n) is 12.1. The summed E-state index contributed by atoms with van der Waals surface area (Å²) in [6.07, 6.45) is 0. The van der Waals surface area contributed by atoms with Crippen LogP contribution in [-0.2, 0) is 0 Å². The number of rotatable bonds is 3. The van der Waals surface area contributed by atoms with Crippen LogP contribution in [-0.4, -0.2) is 0 Å². The first-order valence-corrected chi connectivity index (χ1v) is 8.24. The van der Waals surface area contributed by atoms with E-state index in [2.05, 4.69) is 0 Å². The van der Waals surface area contributed by atoms with E-state index >= 15 is 0 Å². The molecule has 0 N–H and O–H groups in total. The molecule has 3 aromatic rings. The SMILES string of the molecule is Fc1ccc([SH](c2cc(F)cc(F)c2)c2cc(F)cc(F)c2)cc1. The highest BCUT2D eigenvalue weighted by atomic mass is 32.2. The van der Waals surface area contributed by atoms with Crippen molar-refractivity contribution >= 4 is 10.9 Å². The second-order valence-corrected chi connectivity index (χ2v) is 7.29. The Morgan fingerprint density at radius 1 is 0.417 bits per heavy atom. The Balaban J connectivity index is 2.21. The van der Waals surface area contributed by atoms with Gasteiger partial charge in [-0.1, -0.05) is 0 Å². The molecule has 0 unspecified atom stereocenters. The summed E-state index contributed by atoms with van der Waals surface area (Å²) in [5, 5.41) is 0. The van der Waals surface area contributed by atoms with E-state index < -0.39 is 40.0 Å². The van der Waals surface area contributed by atoms with Gasteiger partial charge in [-0.25, -0.2) is 22.0 Å². The molecule has 0 spiro atoms. The van der Waals surface area contributed by atoms with E-state index in [1.165, 1.54) is 24.3 Å². The van der Waals surface area contributed by atoms with Crippen LogP contribution in [0.5, 0.6) is 0 Å². The van der Waals surface area contributed by atoms with Crippen LogP contribution >= 0.6 is 10.9 Å². The molecule has 0 aliphatic heterocycles. The minimum Gasteiger partial charge on any atom is -0.207 e. The maximum atomic E-state index is 13.6.